The normalized spacial score (nSPS) is 11.9. The summed E-state index contributed by atoms with van der Waals surface area (Å²) in [6.45, 7) is 1.73. The molecule has 1 unspecified atom stereocenters. The van der Waals surface area contributed by atoms with Gasteiger partial charge in [0.15, 0.2) is 0 Å². The maximum Gasteiger partial charge on any atom is 0.239 e. The molecule has 4 nitrogen and oxygen atoms in total. The molecule has 5 heteroatoms. The topological polar surface area (TPSA) is 58.2 Å². The van der Waals surface area contributed by atoms with E-state index in [1.807, 2.05) is 0 Å². The second-order valence-electron chi connectivity index (χ2n) is 2.01. The van der Waals surface area contributed by atoms with Gasteiger partial charge in [0.1, 0.15) is 0 Å². The smallest absolute Gasteiger partial charge is 0.239 e. The lowest BCUT2D eigenvalue weighted by atomic mass is 10.4. The summed E-state index contributed by atoms with van der Waals surface area (Å²) in [6, 6.07) is 0. The molecule has 0 bridgehead atoms. The number of rotatable bonds is 3. The molecule has 0 fully saturated rings. The van der Waals surface area contributed by atoms with Crippen molar-refractivity contribution in [1.82, 2.24) is 10.6 Å². The molecule has 0 aromatic heterocycles. The van der Waals surface area contributed by atoms with Gasteiger partial charge in [0.2, 0.25) is 11.8 Å². The van der Waals surface area contributed by atoms with Crippen molar-refractivity contribution in [1.29, 1.82) is 0 Å². The van der Waals surface area contributed by atoms with Crippen molar-refractivity contribution >= 4 is 27.7 Å². The first-order valence-corrected chi connectivity index (χ1v) is 4.12. The third-order valence-electron chi connectivity index (χ3n) is 1.06. The van der Waals surface area contributed by atoms with Gasteiger partial charge in [-0.2, -0.15) is 0 Å². The Morgan fingerprint density at radius 3 is 2.45 bits per heavy atom. The van der Waals surface area contributed by atoms with Crippen LogP contribution in [-0.2, 0) is 9.59 Å². The number of hydrogen-bond acceptors (Lipinski definition) is 2. The van der Waals surface area contributed by atoms with Crippen molar-refractivity contribution < 1.29 is 9.59 Å². The lowest BCUT2D eigenvalue weighted by Crippen LogP contribution is -2.37. The van der Waals surface area contributed by atoms with E-state index in [9.17, 15) is 9.59 Å². The van der Waals surface area contributed by atoms with Crippen LogP contribution in [0.4, 0.5) is 0 Å². The number of amides is 2. The minimum Gasteiger partial charge on any atom is -0.358 e. The summed E-state index contributed by atoms with van der Waals surface area (Å²) in [5, 5.41) is 4.83. The Bertz CT molecular complexity index is 159. The molecular weight excluding hydrogens is 212 g/mol. The molecule has 64 valence electrons. The number of halogens is 1. The van der Waals surface area contributed by atoms with E-state index in [4.69, 9.17) is 0 Å². The Labute approximate surface area is 73.9 Å². The van der Waals surface area contributed by atoms with Crippen molar-refractivity contribution in [3.63, 3.8) is 0 Å². The molecule has 2 N–H and O–H groups in total. The summed E-state index contributed by atoms with van der Waals surface area (Å²) in [5.74, 6) is -0.389. The van der Waals surface area contributed by atoms with E-state index >= 15 is 0 Å². The van der Waals surface area contributed by atoms with Crippen LogP contribution < -0.4 is 10.6 Å². The van der Waals surface area contributed by atoms with Crippen LogP contribution in [0, 0.1) is 0 Å². The average Bonchev–Trinajstić information content (AvgIpc) is 1.99. The monoisotopic (exact) mass is 222 g/mol. The van der Waals surface area contributed by atoms with Crippen LogP contribution in [0.5, 0.6) is 0 Å². The third kappa shape index (κ3) is 4.78. The minimum absolute atomic E-state index is 0.0330. The Balaban J connectivity index is 3.54. The number of nitrogens with one attached hydrogen (secondary N) is 2. The molecule has 11 heavy (non-hydrogen) atoms. The lowest BCUT2D eigenvalue weighted by Gasteiger charge is -2.04. The third-order valence-corrected chi connectivity index (χ3v) is 1.48. The number of likely N-dealkylation sites (N-methyl/N-ethyl adjacent to an activating group) is 1. The molecule has 0 aromatic rings. The number of hydrogen-bond donors (Lipinski definition) is 2. The van der Waals surface area contributed by atoms with Gasteiger partial charge in [-0.3, -0.25) is 9.59 Å². The fourth-order valence-corrected chi connectivity index (χ4v) is 0.558. The van der Waals surface area contributed by atoms with E-state index in [0.717, 1.165) is 0 Å². The van der Waals surface area contributed by atoms with E-state index < -0.39 is 0 Å². The molecule has 0 spiro atoms. The summed E-state index contributed by atoms with van der Waals surface area (Å²) in [5.41, 5.74) is 0. The van der Waals surface area contributed by atoms with E-state index in [1.54, 1.807) is 6.92 Å². The molecule has 1 atom stereocenters. The lowest BCUT2D eigenvalue weighted by molar-refractivity contribution is -0.125. The van der Waals surface area contributed by atoms with Crippen LogP contribution >= 0.6 is 15.9 Å². The molecule has 0 aliphatic heterocycles. The highest BCUT2D eigenvalue weighted by molar-refractivity contribution is 9.10. The standard InChI is InChI=1S/C6H11BrN2O2/c1-4(7)6(11)9-3-5(10)8-2/h4H,3H2,1-2H3,(H,8,10)(H,9,11). The highest BCUT2D eigenvalue weighted by Gasteiger charge is 2.08. The second-order valence-corrected chi connectivity index (χ2v) is 3.38. The van der Waals surface area contributed by atoms with Crippen molar-refractivity contribution in [3.05, 3.63) is 0 Å². The first kappa shape index (κ1) is 10.4. The zero-order chi connectivity index (χ0) is 8.85. The van der Waals surface area contributed by atoms with Crippen molar-refractivity contribution in [3.8, 4) is 0 Å². The summed E-state index contributed by atoms with van der Waals surface area (Å²) in [6.07, 6.45) is 0. The van der Waals surface area contributed by atoms with E-state index in [0.29, 0.717) is 0 Å². The summed E-state index contributed by atoms with van der Waals surface area (Å²) < 4.78 is 0. The van der Waals surface area contributed by atoms with Crippen LogP contribution in [0.25, 0.3) is 0 Å². The van der Waals surface area contributed by atoms with Gasteiger partial charge in [0, 0.05) is 7.05 Å². The van der Waals surface area contributed by atoms with Gasteiger partial charge in [-0.1, -0.05) is 15.9 Å². The SMILES string of the molecule is CNC(=O)CNC(=O)C(C)Br. The van der Waals surface area contributed by atoms with Crippen molar-refractivity contribution in [2.45, 2.75) is 11.8 Å². The highest BCUT2D eigenvalue weighted by Crippen LogP contribution is 1.94. The first-order chi connectivity index (χ1) is 5.07. The number of carbonyl (C=O) groups is 2. The van der Waals surface area contributed by atoms with Gasteiger partial charge in [0.25, 0.3) is 0 Å². The molecule has 0 saturated heterocycles. The zero-order valence-corrected chi connectivity index (χ0v) is 8.06. The summed E-state index contributed by atoms with van der Waals surface area (Å²) in [7, 11) is 1.52. The Morgan fingerprint density at radius 2 is 2.09 bits per heavy atom. The molecular formula is C6H11BrN2O2. The van der Waals surface area contributed by atoms with E-state index in [1.165, 1.54) is 7.05 Å². The molecule has 0 aliphatic carbocycles. The molecule has 0 heterocycles. The molecule has 0 aliphatic rings. The maximum atomic E-state index is 10.8. The summed E-state index contributed by atoms with van der Waals surface area (Å²) >= 11 is 3.07. The van der Waals surface area contributed by atoms with Crippen LogP contribution in [0.1, 0.15) is 6.92 Å². The Hall–Kier alpha value is -0.580. The number of alkyl halides is 1. The van der Waals surface area contributed by atoms with E-state index in [2.05, 4.69) is 26.6 Å². The molecule has 2 amide bonds. The van der Waals surface area contributed by atoms with Crippen LogP contribution in [0.15, 0.2) is 0 Å². The van der Waals surface area contributed by atoms with Crippen molar-refractivity contribution in [2.24, 2.45) is 0 Å². The first-order valence-electron chi connectivity index (χ1n) is 3.20. The van der Waals surface area contributed by atoms with E-state index in [-0.39, 0.29) is 23.2 Å². The molecule has 0 radical (unpaired) electrons. The largest absolute Gasteiger partial charge is 0.358 e. The van der Waals surface area contributed by atoms with Gasteiger partial charge < -0.3 is 10.6 Å². The minimum atomic E-state index is -0.257. The van der Waals surface area contributed by atoms with Crippen LogP contribution in [-0.4, -0.2) is 30.2 Å². The molecule has 0 rings (SSSR count). The summed E-state index contributed by atoms with van der Waals surface area (Å²) in [4.78, 5) is 21.2. The zero-order valence-electron chi connectivity index (χ0n) is 6.48. The van der Waals surface area contributed by atoms with Crippen LogP contribution in [0.2, 0.25) is 0 Å². The fourth-order valence-electron chi connectivity index (χ4n) is 0.396. The maximum absolute atomic E-state index is 10.8. The molecule has 0 saturated carbocycles. The Morgan fingerprint density at radius 1 is 1.55 bits per heavy atom. The highest BCUT2D eigenvalue weighted by atomic mass is 79.9. The van der Waals surface area contributed by atoms with Gasteiger partial charge in [-0.25, -0.2) is 0 Å². The predicted octanol–water partition coefficient (Wildman–Crippen LogP) is -0.368. The quantitative estimate of drug-likeness (QED) is 0.641. The van der Waals surface area contributed by atoms with Gasteiger partial charge in [0.05, 0.1) is 11.4 Å². The van der Waals surface area contributed by atoms with Crippen molar-refractivity contribution in [2.75, 3.05) is 13.6 Å². The van der Waals surface area contributed by atoms with Gasteiger partial charge in [-0.05, 0) is 6.92 Å². The Kier molecular flexibility index (Phi) is 4.85. The van der Waals surface area contributed by atoms with Gasteiger partial charge in [-0.15, -0.1) is 0 Å². The average molecular weight is 223 g/mol. The second kappa shape index (κ2) is 5.12. The predicted molar refractivity (Wildman–Crippen MR) is 45.5 cm³/mol. The molecule has 0 aromatic carbocycles. The van der Waals surface area contributed by atoms with Gasteiger partial charge >= 0.3 is 0 Å². The number of carbonyl (C=O) groups excluding carboxylic acids is 2. The van der Waals surface area contributed by atoms with Crippen LogP contribution in [0.3, 0.4) is 0 Å². The fraction of sp³-hybridized carbons (Fsp3) is 0.667.